The molecule has 7 heteroatoms. The fraction of sp³-hybridized carbons (Fsp3) is 0.188. The highest BCUT2D eigenvalue weighted by Gasteiger charge is 2.18. The average Bonchev–Trinajstić information content (AvgIpc) is 2.52. The van der Waals surface area contributed by atoms with E-state index in [1.807, 2.05) is 6.07 Å². The summed E-state index contributed by atoms with van der Waals surface area (Å²) in [6, 6.07) is 15.1. The summed E-state index contributed by atoms with van der Waals surface area (Å²) >= 11 is 3.24. The van der Waals surface area contributed by atoms with E-state index in [-0.39, 0.29) is 17.9 Å². The van der Waals surface area contributed by atoms with Crippen molar-refractivity contribution in [1.82, 2.24) is 4.72 Å². The molecule has 0 aromatic heterocycles. The number of halogens is 1. The van der Waals surface area contributed by atoms with Crippen LogP contribution in [0.15, 0.2) is 64.0 Å². The quantitative estimate of drug-likeness (QED) is 0.770. The van der Waals surface area contributed by atoms with Crippen LogP contribution in [0.4, 0.5) is 0 Å². The summed E-state index contributed by atoms with van der Waals surface area (Å²) in [7, 11) is -3.70. The van der Waals surface area contributed by atoms with Crippen LogP contribution in [-0.2, 0) is 14.8 Å². The monoisotopic (exact) mass is 396 g/mol. The molecule has 0 aliphatic carbocycles. The van der Waals surface area contributed by atoms with Gasteiger partial charge in [-0.05, 0) is 36.2 Å². The molecule has 122 valence electrons. The Morgan fingerprint density at radius 3 is 2.26 bits per heavy atom. The molecule has 2 rings (SSSR count). The molecule has 1 atom stereocenters. The molecule has 0 unspecified atom stereocenters. The molecular weight excluding hydrogens is 382 g/mol. The summed E-state index contributed by atoms with van der Waals surface area (Å²) < 4.78 is 27.8. The average molecular weight is 397 g/mol. The van der Waals surface area contributed by atoms with Gasteiger partial charge in [0.15, 0.2) is 0 Å². The fourth-order valence-corrected chi connectivity index (χ4v) is 3.49. The maximum atomic E-state index is 12.3. The topological polar surface area (TPSA) is 86.3 Å². The molecule has 2 aromatic carbocycles. The molecular formula is C16H15BrNO4S-. The molecule has 0 spiro atoms. The number of carbonyl (C=O) groups excluding carboxylic acids is 1. The van der Waals surface area contributed by atoms with Crippen LogP contribution < -0.4 is 9.83 Å². The first-order chi connectivity index (χ1) is 10.9. The Balaban J connectivity index is 2.14. The first-order valence-corrected chi connectivity index (χ1v) is 9.16. The second-order valence-electron chi connectivity index (χ2n) is 4.99. The van der Waals surface area contributed by atoms with Crippen molar-refractivity contribution in [2.75, 3.05) is 6.54 Å². The molecule has 23 heavy (non-hydrogen) atoms. The van der Waals surface area contributed by atoms with Crippen LogP contribution >= 0.6 is 15.9 Å². The predicted octanol–water partition coefficient (Wildman–Crippen LogP) is 1.65. The van der Waals surface area contributed by atoms with Crippen molar-refractivity contribution in [2.45, 2.75) is 17.2 Å². The van der Waals surface area contributed by atoms with E-state index >= 15 is 0 Å². The number of aliphatic carboxylic acids is 1. The molecule has 5 nitrogen and oxygen atoms in total. The number of sulfonamides is 1. The molecule has 2 aromatic rings. The first kappa shape index (κ1) is 17.7. The van der Waals surface area contributed by atoms with E-state index in [1.54, 1.807) is 36.4 Å². The summed E-state index contributed by atoms with van der Waals surface area (Å²) in [4.78, 5) is 11.0. The fourth-order valence-electron chi connectivity index (χ4n) is 2.14. The molecule has 1 N–H and O–H groups in total. The third-order valence-corrected chi connectivity index (χ3v) is 5.30. The Bertz CT molecular complexity index is 760. The second kappa shape index (κ2) is 7.72. The van der Waals surface area contributed by atoms with E-state index in [1.165, 1.54) is 12.1 Å². The summed E-state index contributed by atoms with van der Waals surface area (Å²) in [5.74, 6) is -1.71. The molecule has 0 aliphatic rings. The lowest BCUT2D eigenvalue weighted by molar-refractivity contribution is -0.306. The number of hydrogen-bond acceptors (Lipinski definition) is 4. The van der Waals surface area contributed by atoms with Crippen LogP contribution in [0, 0.1) is 0 Å². The molecule has 0 fully saturated rings. The lowest BCUT2D eigenvalue weighted by Gasteiger charge is -2.18. The molecule has 0 radical (unpaired) electrons. The van der Waals surface area contributed by atoms with Crippen molar-refractivity contribution in [2.24, 2.45) is 0 Å². The van der Waals surface area contributed by atoms with Gasteiger partial charge >= 0.3 is 0 Å². The predicted molar refractivity (Wildman–Crippen MR) is 88.1 cm³/mol. The van der Waals surface area contributed by atoms with Gasteiger partial charge in [0.2, 0.25) is 10.0 Å². The summed E-state index contributed by atoms with van der Waals surface area (Å²) in [5.41, 5.74) is 0.746. The van der Waals surface area contributed by atoms with Crippen LogP contribution in [0.2, 0.25) is 0 Å². The van der Waals surface area contributed by atoms with Crippen molar-refractivity contribution in [3.05, 3.63) is 64.6 Å². The van der Waals surface area contributed by atoms with Gasteiger partial charge in [0, 0.05) is 22.9 Å². The maximum Gasteiger partial charge on any atom is 0.240 e. The van der Waals surface area contributed by atoms with Crippen LogP contribution in [0.1, 0.15) is 17.9 Å². The number of hydrogen-bond donors (Lipinski definition) is 1. The number of nitrogens with one attached hydrogen (secondary N) is 1. The normalized spacial score (nSPS) is 12.7. The van der Waals surface area contributed by atoms with Crippen molar-refractivity contribution < 1.29 is 18.3 Å². The van der Waals surface area contributed by atoms with E-state index in [0.717, 1.165) is 10.0 Å². The van der Waals surface area contributed by atoms with Gasteiger partial charge in [0.05, 0.1) is 4.90 Å². The van der Waals surface area contributed by atoms with Crippen LogP contribution in [-0.4, -0.2) is 20.9 Å². The largest absolute Gasteiger partial charge is 0.550 e. The highest BCUT2D eigenvalue weighted by Crippen LogP contribution is 2.20. The van der Waals surface area contributed by atoms with E-state index in [4.69, 9.17) is 0 Å². The van der Waals surface area contributed by atoms with Crippen LogP contribution in [0.5, 0.6) is 0 Å². The van der Waals surface area contributed by atoms with Crippen molar-refractivity contribution in [1.29, 1.82) is 0 Å². The lowest BCUT2D eigenvalue weighted by Crippen LogP contribution is -2.32. The Labute approximate surface area is 143 Å². The molecule has 0 bridgehead atoms. The summed E-state index contributed by atoms with van der Waals surface area (Å²) in [6.07, 6.45) is -0.257. The Morgan fingerprint density at radius 2 is 1.70 bits per heavy atom. The highest BCUT2D eigenvalue weighted by molar-refractivity contribution is 9.10. The standard InChI is InChI=1S/C16H16BrNO4S/c17-14-6-8-15(9-7-14)23(21,22)18-11-13(10-16(19)20)12-4-2-1-3-5-12/h1-9,13,18H,10-11H2,(H,19,20)/p-1/t13-/m1/s1. The van der Waals surface area contributed by atoms with Gasteiger partial charge in [-0.15, -0.1) is 0 Å². The zero-order valence-electron chi connectivity index (χ0n) is 12.1. The minimum absolute atomic E-state index is 0.0175. The molecule has 0 amide bonds. The third kappa shape index (κ3) is 5.16. The Kier molecular flexibility index (Phi) is 5.92. The maximum absolute atomic E-state index is 12.3. The molecule has 0 saturated carbocycles. The zero-order chi connectivity index (χ0) is 16.9. The van der Waals surface area contributed by atoms with Gasteiger partial charge in [0.25, 0.3) is 0 Å². The Hall–Kier alpha value is -1.70. The van der Waals surface area contributed by atoms with E-state index in [9.17, 15) is 18.3 Å². The summed E-state index contributed by atoms with van der Waals surface area (Å²) in [6.45, 7) is -0.0175. The van der Waals surface area contributed by atoms with E-state index < -0.39 is 21.9 Å². The van der Waals surface area contributed by atoms with Gasteiger partial charge in [0.1, 0.15) is 0 Å². The van der Waals surface area contributed by atoms with Gasteiger partial charge in [-0.3, -0.25) is 0 Å². The van der Waals surface area contributed by atoms with Crippen LogP contribution in [0.25, 0.3) is 0 Å². The van der Waals surface area contributed by atoms with E-state index in [2.05, 4.69) is 20.7 Å². The summed E-state index contributed by atoms with van der Waals surface area (Å²) in [5, 5.41) is 10.9. The van der Waals surface area contributed by atoms with E-state index in [0.29, 0.717) is 0 Å². The van der Waals surface area contributed by atoms with Crippen molar-refractivity contribution in [3.8, 4) is 0 Å². The minimum Gasteiger partial charge on any atom is -0.550 e. The third-order valence-electron chi connectivity index (χ3n) is 3.33. The van der Waals surface area contributed by atoms with Crippen molar-refractivity contribution in [3.63, 3.8) is 0 Å². The Morgan fingerprint density at radius 1 is 1.09 bits per heavy atom. The highest BCUT2D eigenvalue weighted by atomic mass is 79.9. The lowest BCUT2D eigenvalue weighted by atomic mass is 9.96. The number of benzene rings is 2. The number of carboxylic acid groups (broad SMARTS) is 1. The minimum atomic E-state index is -3.70. The van der Waals surface area contributed by atoms with Crippen molar-refractivity contribution >= 4 is 31.9 Å². The zero-order valence-corrected chi connectivity index (χ0v) is 14.5. The number of rotatable bonds is 7. The van der Waals surface area contributed by atoms with Gasteiger partial charge in [-0.1, -0.05) is 46.3 Å². The molecule has 0 saturated heterocycles. The second-order valence-corrected chi connectivity index (χ2v) is 7.67. The molecule has 0 aliphatic heterocycles. The van der Waals surface area contributed by atoms with Gasteiger partial charge < -0.3 is 9.90 Å². The molecule has 0 heterocycles. The number of carboxylic acids is 1. The van der Waals surface area contributed by atoms with Gasteiger partial charge in [-0.2, -0.15) is 0 Å². The first-order valence-electron chi connectivity index (χ1n) is 6.88. The smallest absolute Gasteiger partial charge is 0.240 e. The SMILES string of the molecule is O=C([O-])C[C@H](CNS(=O)(=O)c1ccc(Br)cc1)c1ccccc1. The van der Waals surface area contributed by atoms with Gasteiger partial charge in [-0.25, -0.2) is 13.1 Å². The van der Waals surface area contributed by atoms with Crippen LogP contribution in [0.3, 0.4) is 0 Å². The number of carbonyl (C=O) groups is 1.